The van der Waals surface area contributed by atoms with Gasteiger partial charge in [0.2, 0.25) is 0 Å². The van der Waals surface area contributed by atoms with Crippen LogP contribution in [0.5, 0.6) is 11.5 Å². The van der Waals surface area contributed by atoms with Crippen molar-refractivity contribution < 1.29 is 39.5 Å². The van der Waals surface area contributed by atoms with Crippen LogP contribution >= 0.6 is 0 Å². The average molecular weight is 416 g/mol. The van der Waals surface area contributed by atoms with Gasteiger partial charge in [0.25, 0.3) is 0 Å². The van der Waals surface area contributed by atoms with Gasteiger partial charge in [-0.05, 0) is 31.1 Å². The molecule has 0 radical (unpaired) electrons. The fraction of sp³-hybridized carbons (Fsp3) is 0.136. The Morgan fingerprint density at radius 2 is 1.37 bits per heavy atom. The van der Waals surface area contributed by atoms with Gasteiger partial charge in [-0.1, -0.05) is 24.2 Å². The first kappa shape index (κ1) is 11.8. The number of para-hydroxylation sites is 2. The Labute approximate surface area is 179 Å². The number of benzene rings is 2. The number of carbonyl (C=O) groups is 1. The van der Waals surface area contributed by atoms with Crippen LogP contribution in [-0.2, 0) is 9.53 Å². The lowest BCUT2D eigenvalue weighted by Crippen LogP contribution is -2.27. The normalized spacial score (nSPS) is 15.0. The van der Waals surface area contributed by atoms with Gasteiger partial charge in [-0.25, -0.2) is 9.59 Å². The number of ether oxygens (including phenoxy) is 1. The second kappa shape index (κ2) is 7.40. The summed E-state index contributed by atoms with van der Waals surface area (Å²) < 4.78 is 78.3. The van der Waals surface area contributed by atoms with E-state index >= 15 is 0 Å². The summed E-state index contributed by atoms with van der Waals surface area (Å²) in [6.07, 6.45) is 0. The van der Waals surface area contributed by atoms with E-state index in [1.165, 1.54) is 6.92 Å². The van der Waals surface area contributed by atoms with Crippen molar-refractivity contribution in [2.24, 2.45) is 0 Å². The zero-order valence-electron chi connectivity index (χ0n) is 23.1. The molecule has 0 bridgehead atoms. The Morgan fingerprint density at radius 3 is 1.80 bits per heavy atom. The molecule has 0 aliphatic rings. The van der Waals surface area contributed by atoms with Gasteiger partial charge in [0.1, 0.15) is 28.6 Å². The molecule has 0 fully saturated rings. The molecule has 2 aromatic heterocycles. The quantitative estimate of drug-likeness (QED) is 0.384. The molecule has 4 rings (SSSR count). The summed E-state index contributed by atoms with van der Waals surface area (Å²) in [5.41, 5.74) is -6.60. The van der Waals surface area contributed by atoms with E-state index in [-0.39, 0.29) is 6.61 Å². The van der Waals surface area contributed by atoms with Crippen LogP contribution < -0.4 is 11.3 Å². The Bertz CT molecular complexity index is 1690. The topological polar surface area (TPSA) is 127 Å². The molecule has 152 valence electrons. The minimum absolute atomic E-state index is 0.312. The minimum atomic E-state index is -2.30. The fourth-order valence-electron chi connectivity index (χ4n) is 2.96. The van der Waals surface area contributed by atoms with Gasteiger partial charge in [-0.2, -0.15) is 0 Å². The highest BCUT2D eigenvalue weighted by molar-refractivity contribution is 5.92. The number of rotatable bonds is 4. The summed E-state index contributed by atoms with van der Waals surface area (Å²) in [6, 6.07) is -6.47. The van der Waals surface area contributed by atoms with Crippen molar-refractivity contribution in [2.45, 2.75) is 12.8 Å². The molecule has 0 aliphatic carbocycles. The smallest absolute Gasteiger partial charge is 0.344 e. The Hall–Kier alpha value is -4.07. The van der Waals surface area contributed by atoms with Crippen molar-refractivity contribution in [3.05, 3.63) is 80.3 Å². The molecule has 4 aromatic rings. The highest BCUT2D eigenvalue weighted by Gasteiger charge is 2.37. The Morgan fingerprint density at radius 1 is 0.933 bits per heavy atom. The lowest BCUT2D eigenvalue weighted by Gasteiger charge is -2.17. The van der Waals surface area contributed by atoms with Gasteiger partial charge in [0.15, 0.2) is 0 Å². The van der Waals surface area contributed by atoms with Crippen LogP contribution in [0.4, 0.5) is 0 Å². The Kier molecular flexibility index (Phi) is 2.91. The molecule has 0 atom stereocenters. The van der Waals surface area contributed by atoms with Crippen molar-refractivity contribution in [2.75, 3.05) is 6.61 Å². The van der Waals surface area contributed by atoms with Crippen molar-refractivity contribution in [1.82, 2.24) is 0 Å². The monoisotopic (exact) mass is 416 g/mol. The lowest BCUT2D eigenvalue weighted by atomic mass is 9.90. The van der Waals surface area contributed by atoms with E-state index in [1.807, 2.05) is 0 Å². The van der Waals surface area contributed by atoms with E-state index in [4.69, 9.17) is 24.5 Å². The van der Waals surface area contributed by atoms with Gasteiger partial charge in [-0.3, -0.25) is 4.79 Å². The number of fused-ring (bicyclic) bond motifs is 2. The molecule has 8 heteroatoms. The molecule has 30 heavy (non-hydrogen) atoms. The van der Waals surface area contributed by atoms with Crippen molar-refractivity contribution in [3.8, 4) is 11.5 Å². The fourth-order valence-corrected chi connectivity index (χ4v) is 2.96. The summed E-state index contributed by atoms with van der Waals surface area (Å²) >= 11 is 0. The predicted molar refractivity (Wildman–Crippen MR) is 107 cm³/mol. The molecule has 0 amide bonds. The summed E-state index contributed by atoms with van der Waals surface area (Å²) in [4.78, 5) is 39.1. The van der Waals surface area contributed by atoms with Crippen LogP contribution in [0.3, 0.4) is 0 Å². The Balaban J connectivity index is 2.21. The third-order valence-electron chi connectivity index (χ3n) is 4.22. The second-order valence-corrected chi connectivity index (χ2v) is 5.90. The third kappa shape index (κ3) is 2.98. The average Bonchev–Trinajstić information content (AvgIpc) is 2.86. The van der Waals surface area contributed by atoms with Crippen LogP contribution in [0.2, 0.25) is 0 Å². The van der Waals surface area contributed by atoms with E-state index < -0.39 is 116 Å². The number of esters is 1. The SMILES string of the molecule is [2H]c1c([2H])c([2H])c2c(O)c(C(C(=O)OCC)c3c(O)c4c([2H])c([2H])c([2H])c([2H])c4oc3=O)c(=O)oc2c1[2H]. The number of hydrogen-bond donors (Lipinski definition) is 2. The van der Waals surface area contributed by atoms with Gasteiger partial charge in [0, 0.05) is 0 Å². The molecule has 0 saturated heterocycles. The van der Waals surface area contributed by atoms with E-state index in [0.717, 1.165) is 0 Å². The zero-order valence-corrected chi connectivity index (χ0v) is 15.1. The molecule has 2 heterocycles. The third-order valence-corrected chi connectivity index (χ3v) is 4.22. The molecule has 2 aromatic carbocycles. The number of aromatic hydroxyl groups is 2. The molecule has 8 nitrogen and oxygen atoms in total. The van der Waals surface area contributed by atoms with Crippen LogP contribution in [-0.4, -0.2) is 22.8 Å². The molecular formula is C22H16O8. The van der Waals surface area contributed by atoms with E-state index in [0.29, 0.717) is 0 Å². The lowest BCUT2D eigenvalue weighted by molar-refractivity contribution is -0.144. The first-order valence-electron chi connectivity index (χ1n) is 12.4. The van der Waals surface area contributed by atoms with Crippen LogP contribution in [0.1, 0.15) is 34.9 Å². The van der Waals surface area contributed by atoms with Crippen LogP contribution in [0.15, 0.2) is 66.8 Å². The summed E-state index contributed by atoms with van der Waals surface area (Å²) in [5.74, 6) is -6.03. The molecule has 2 N–H and O–H groups in total. The van der Waals surface area contributed by atoms with E-state index in [9.17, 15) is 24.6 Å². The maximum Gasteiger partial charge on any atom is 0.344 e. The minimum Gasteiger partial charge on any atom is -0.507 e. The molecule has 0 spiro atoms. The summed E-state index contributed by atoms with van der Waals surface area (Å²) in [7, 11) is 0. The van der Waals surface area contributed by atoms with Gasteiger partial charge >= 0.3 is 17.2 Å². The van der Waals surface area contributed by atoms with E-state index in [2.05, 4.69) is 0 Å². The second-order valence-electron chi connectivity index (χ2n) is 5.90. The zero-order chi connectivity index (χ0) is 28.4. The number of hydrogen-bond acceptors (Lipinski definition) is 8. The molecule has 0 saturated carbocycles. The first-order chi connectivity index (χ1) is 17.8. The van der Waals surface area contributed by atoms with Crippen LogP contribution in [0, 0.1) is 0 Å². The van der Waals surface area contributed by atoms with Gasteiger partial charge in [0.05, 0.1) is 39.5 Å². The molecule has 0 unspecified atom stereocenters. The standard InChI is InChI=1S/C22H16O8/c1-2-28-20(25)15(16-18(23)11-7-3-5-9-13(11)29-21(16)26)17-19(24)12-8-4-6-10-14(12)30-22(17)27/h3-10,15,23-24H,2H2,1H3/i3D,4D,5D,6D,7D,8D,9D,10D. The van der Waals surface area contributed by atoms with E-state index in [1.54, 1.807) is 0 Å². The number of carbonyl (C=O) groups excluding carboxylic acids is 1. The van der Waals surface area contributed by atoms with Crippen molar-refractivity contribution >= 4 is 27.9 Å². The van der Waals surface area contributed by atoms with Crippen molar-refractivity contribution in [1.29, 1.82) is 0 Å². The van der Waals surface area contributed by atoms with Crippen LogP contribution in [0.25, 0.3) is 21.9 Å². The van der Waals surface area contributed by atoms with Gasteiger partial charge < -0.3 is 23.8 Å². The maximum atomic E-state index is 13.1. The van der Waals surface area contributed by atoms with Crippen molar-refractivity contribution in [3.63, 3.8) is 0 Å². The molecular weight excluding hydrogens is 392 g/mol. The highest BCUT2D eigenvalue weighted by Crippen LogP contribution is 2.38. The predicted octanol–water partition coefficient (Wildman–Crippen LogP) is 3.01. The first-order valence-corrected chi connectivity index (χ1v) is 8.44. The molecule has 0 aliphatic heterocycles. The summed E-state index contributed by atoms with van der Waals surface area (Å²) in [6.45, 7) is 1.06. The maximum absolute atomic E-state index is 13.1. The summed E-state index contributed by atoms with van der Waals surface area (Å²) in [5, 5.41) is 20.6. The van der Waals surface area contributed by atoms with Gasteiger partial charge in [-0.15, -0.1) is 0 Å². The highest BCUT2D eigenvalue weighted by atomic mass is 16.5. The largest absolute Gasteiger partial charge is 0.507 e.